The topological polar surface area (TPSA) is 170 Å². The van der Waals surface area contributed by atoms with E-state index in [4.69, 9.17) is 55.8 Å². The monoisotopic (exact) mass is 1100 g/mol. The van der Waals surface area contributed by atoms with E-state index in [1.807, 2.05) is 30.4 Å². The number of carboxylic acid groups (broad SMARTS) is 1. The zero-order chi connectivity index (χ0) is 50.2. The molecule has 0 radical (unpaired) electrons. The number of nitrogens with zero attached hydrogens (tertiary/aromatic N) is 4. The Morgan fingerprint density at radius 2 is 0.986 bits per heavy atom. The third-order valence-electron chi connectivity index (χ3n) is 10.3. The number of thioether (sulfide) groups is 3. The van der Waals surface area contributed by atoms with Crippen LogP contribution in [0.15, 0.2) is 119 Å². The van der Waals surface area contributed by atoms with Crippen molar-refractivity contribution < 1.29 is 43.5 Å². The fraction of sp³-hybridized carbons (Fsp3) is 0.104. The van der Waals surface area contributed by atoms with Crippen LogP contribution in [0.4, 0.5) is 17.1 Å². The van der Waals surface area contributed by atoms with Crippen molar-refractivity contribution in [1.29, 1.82) is 0 Å². The molecule has 0 saturated carbocycles. The summed E-state index contributed by atoms with van der Waals surface area (Å²) in [6.45, 7) is -0.424. The summed E-state index contributed by atoms with van der Waals surface area (Å²) in [4.78, 5) is 95.7. The largest absolute Gasteiger partial charge is 0.480 e. The second kappa shape index (κ2) is 23.3. The van der Waals surface area contributed by atoms with Gasteiger partial charge in [0.2, 0.25) is 5.91 Å². The van der Waals surface area contributed by atoms with Gasteiger partial charge in [0, 0.05) is 66.8 Å². The molecule has 22 heteroatoms. The lowest BCUT2D eigenvalue weighted by Crippen LogP contribution is -2.36. The van der Waals surface area contributed by atoms with Gasteiger partial charge < -0.3 is 10.0 Å². The van der Waals surface area contributed by atoms with Gasteiger partial charge in [0.1, 0.15) is 19.5 Å². The molecule has 6 heterocycles. The van der Waals surface area contributed by atoms with E-state index in [0.717, 1.165) is 63.0 Å². The highest BCUT2D eigenvalue weighted by molar-refractivity contribution is 8.27. The van der Waals surface area contributed by atoms with Crippen molar-refractivity contribution in [2.24, 2.45) is 0 Å². The molecule has 3 aliphatic rings. The van der Waals surface area contributed by atoms with E-state index in [2.05, 4.69) is 95.9 Å². The number of hydrogen-bond acceptors (Lipinski definition) is 18. The lowest BCUT2D eigenvalue weighted by molar-refractivity contribution is -0.193. The maximum absolute atomic E-state index is 12.9. The van der Waals surface area contributed by atoms with Gasteiger partial charge in [-0.3, -0.25) is 33.9 Å². The summed E-state index contributed by atoms with van der Waals surface area (Å²) in [5.74, 6) is -1.53. The van der Waals surface area contributed by atoms with Crippen LogP contribution < -0.4 is 4.90 Å². The maximum atomic E-state index is 12.9. The molecule has 0 bridgehead atoms. The number of carbonyl (C=O) groups excluding carboxylic acids is 7. The highest BCUT2D eigenvalue weighted by atomic mass is 32.2. The molecule has 1 atom stereocenters. The van der Waals surface area contributed by atoms with Crippen LogP contribution in [0.2, 0.25) is 0 Å². The van der Waals surface area contributed by atoms with Gasteiger partial charge in [0.05, 0.1) is 15.1 Å². The summed E-state index contributed by atoms with van der Waals surface area (Å²) in [5, 5.41) is 8.78. The van der Waals surface area contributed by atoms with Gasteiger partial charge in [0.25, 0.3) is 11.8 Å². The molecule has 6 aromatic rings. The van der Waals surface area contributed by atoms with E-state index in [1.165, 1.54) is 50.0 Å². The summed E-state index contributed by atoms with van der Waals surface area (Å²) >= 11 is 24.6. The lowest BCUT2D eigenvalue weighted by atomic mass is 10.1. The number of benzene rings is 3. The smallest absolute Gasteiger partial charge is 0.373 e. The van der Waals surface area contributed by atoms with Gasteiger partial charge in [-0.15, -0.1) is 34.0 Å². The van der Waals surface area contributed by atoms with Crippen LogP contribution in [-0.4, -0.2) is 94.7 Å². The Balaban J connectivity index is 0.00000115. The summed E-state index contributed by atoms with van der Waals surface area (Å²) in [6.07, 6.45) is 4.77. The molecule has 0 aliphatic carbocycles. The number of carbonyl (C=O) groups is 4. The highest BCUT2D eigenvalue weighted by Gasteiger charge is 2.38. The van der Waals surface area contributed by atoms with Crippen molar-refractivity contribution in [3.63, 3.8) is 0 Å². The van der Waals surface area contributed by atoms with Crippen LogP contribution in [0.25, 0.3) is 43.5 Å². The van der Waals surface area contributed by atoms with Gasteiger partial charge >= 0.3 is 18.3 Å². The Morgan fingerprint density at radius 3 is 1.36 bits per heavy atom. The first-order valence-corrected chi connectivity index (χ1v) is 26.4. The van der Waals surface area contributed by atoms with Crippen LogP contribution in [0.1, 0.15) is 14.6 Å². The predicted molar refractivity (Wildman–Crippen MR) is 290 cm³/mol. The molecule has 3 aromatic heterocycles. The molecule has 1 N–H and O–H groups in total. The number of carboxylic acids is 1. The second-order valence-corrected chi connectivity index (χ2v) is 23.3. The number of amides is 3. The average Bonchev–Trinajstić information content (AvgIpc) is 4.22. The van der Waals surface area contributed by atoms with E-state index >= 15 is 0 Å². The number of hydrogen-bond donors (Lipinski definition) is 1. The van der Waals surface area contributed by atoms with Gasteiger partial charge in [-0.25, -0.2) is 0 Å². The van der Waals surface area contributed by atoms with Crippen molar-refractivity contribution >= 4 is 184 Å². The van der Waals surface area contributed by atoms with E-state index in [9.17, 15) is 24.3 Å². The normalized spacial score (nSPS) is 16.6. The average molecular weight is 1100 g/mol. The zero-order valence-corrected chi connectivity index (χ0v) is 43.6. The molecule has 1 unspecified atom stereocenters. The summed E-state index contributed by atoms with van der Waals surface area (Å²) < 4.78 is 1.40. The summed E-state index contributed by atoms with van der Waals surface area (Å²) in [7, 11) is 3.39. The standard InChI is InChI=1S/C46H32N4O5S9.2CO2/c1-47-41(53)37(62-44(47)56)21-31-15-18-34(59-31)25-3-9-28(10-4-25)50(29-11-5-26(6-12-29)35-19-16-32(60-35)22-38-42(54)48(2)45(57)63-38)30-13-7-27(8-14-30)36-20-17-33(61-36)23-39-43(55)49(24-40(51)52)46(58)64-39;2*2-1-3/h3-22,39H,23-24H2,1-2H3,(H,51,52);;/b37-21-,38-22+;;. The van der Waals surface area contributed by atoms with Crippen LogP contribution in [0.5, 0.6) is 0 Å². The molecule has 70 heavy (non-hydrogen) atoms. The van der Waals surface area contributed by atoms with Crippen LogP contribution >= 0.6 is 106 Å². The van der Waals surface area contributed by atoms with Crippen molar-refractivity contribution in [1.82, 2.24) is 14.7 Å². The minimum atomic E-state index is -1.09. The first kappa shape index (κ1) is 51.8. The molecular formula is C48H32N4O9S9. The first-order chi connectivity index (χ1) is 33.6. The molecule has 3 aliphatic heterocycles. The molecule has 3 saturated heterocycles. The number of likely N-dealkylation sites (N-methyl/N-ethyl adjacent to an activating group) is 2. The van der Waals surface area contributed by atoms with Crippen molar-refractivity contribution in [3.8, 4) is 31.3 Å². The molecule has 13 nitrogen and oxygen atoms in total. The first-order valence-electron chi connectivity index (χ1n) is 20.2. The van der Waals surface area contributed by atoms with Crippen LogP contribution in [-0.2, 0) is 44.8 Å². The Labute approximate surface area is 440 Å². The zero-order valence-electron chi connectivity index (χ0n) is 36.2. The minimum absolute atomic E-state index is 0.0856. The Bertz CT molecular complexity index is 3040. The fourth-order valence-corrected chi connectivity index (χ4v) is 14.1. The van der Waals surface area contributed by atoms with Gasteiger partial charge in [-0.1, -0.05) is 108 Å². The Morgan fingerprint density at radius 1 is 0.600 bits per heavy atom. The molecule has 3 aromatic carbocycles. The lowest BCUT2D eigenvalue weighted by Gasteiger charge is -2.26. The van der Waals surface area contributed by atoms with Crippen molar-refractivity contribution in [2.45, 2.75) is 11.7 Å². The fourth-order valence-electron chi connectivity index (χ4n) is 7.02. The molecule has 3 amide bonds. The number of aliphatic carboxylic acids is 1. The van der Waals surface area contributed by atoms with E-state index < -0.39 is 17.8 Å². The quantitative estimate of drug-likeness (QED) is 0.0906. The SMILES string of the molecule is CN1C(=O)/C(=C/c2ccc(-c3ccc(N(c4ccc(-c5ccc(/C=C6/SC(=S)N(C)C6=O)s5)cc4)c4ccc(-c5ccc(CC6SC(=S)N(CC(=O)O)C6=O)s5)cc4)cc3)s2)SC1=S.O=C=O.O=C=O. The Hall–Kier alpha value is -6.00. The minimum Gasteiger partial charge on any atom is -0.480 e. The second-order valence-electron chi connectivity index (χ2n) is 14.7. The molecule has 9 rings (SSSR count). The summed E-state index contributed by atoms with van der Waals surface area (Å²) in [6, 6.07) is 37.5. The van der Waals surface area contributed by atoms with Crippen molar-refractivity contribution in [3.05, 3.63) is 134 Å². The number of anilines is 3. The van der Waals surface area contributed by atoms with Gasteiger partial charge in [-0.05, 0) is 102 Å². The van der Waals surface area contributed by atoms with Gasteiger partial charge in [0.15, 0.2) is 0 Å². The maximum Gasteiger partial charge on any atom is 0.373 e. The van der Waals surface area contributed by atoms with E-state index in [-0.39, 0.29) is 30.0 Å². The molecule has 352 valence electrons. The van der Waals surface area contributed by atoms with Crippen LogP contribution in [0.3, 0.4) is 0 Å². The van der Waals surface area contributed by atoms with Crippen LogP contribution in [0, 0.1) is 0 Å². The third-order valence-corrected chi connectivity index (χ3v) is 18.2. The molecule has 3 fully saturated rings. The van der Waals surface area contributed by atoms with E-state index in [0.29, 0.717) is 29.2 Å². The number of thiophene rings is 3. The molecular weight excluding hydrogens is 1070 g/mol. The number of rotatable bonds is 12. The van der Waals surface area contributed by atoms with Gasteiger partial charge in [-0.2, -0.15) is 19.2 Å². The van der Waals surface area contributed by atoms with Crippen molar-refractivity contribution in [2.75, 3.05) is 25.5 Å². The predicted octanol–water partition coefficient (Wildman–Crippen LogP) is 10.7. The van der Waals surface area contributed by atoms with E-state index in [1.54, 1.807) is 48.1 Å². The Kier molecular flexibility index (Phi) is 17.2. The number of thiocarbonyl (C=S) groups is 3. The molecule has 0 spiro atoms. The highest BCUT2D eigenvalue weighted by Crippen LogP contribution is 2.42. The summed E-state index contributed by atoms with van der Waals surface area (Å²) in [5.41, 5.74) is 6.03. The third kappa shape index (κ3) is 11.9.